The highest BCUT2D eigenvalue weighted by atomic mass is 16.2. The topological polar surface area (TPSA) is 58.1 Å². The van der Waals surface area contributed by atoms with E-state index in [1.807, 2.05) is 31.3 Å². The monoisotopic (exact) mass is 296 g/mol. The second-order valence-corrected chi connectivity index (χ2v) is 5.68. The first-order valence-corrected chi connectivity index (χ1v) is 7.59. The van der Waals surface area contributed by atoms with E-state index < -0.39 is 0 Å². The molecule has 114 valence electrons. The predicted octanol–water partition coefficient (Wildman–Crippen LogP) is 2.37. The largest absolute Gasteiger partial charge is 0.367 e. The van der Waals surface area contributed by atoms with Crippen LogP contribution in [0.25, 0.3) is 0 Å². The SMILES string of the molecule is CN(CCc1ccncc1)C(=O)c1ccc(NC2CC2)nc1. The molecule has 0 radical (unpaired) electrons. The lowest BCUT2D eigenvalue weighted by molar-refractivity contribution is 0.0796. The highest BCUT2D eigenvalue weighted by molar-refractivity contribution is 5.93. The zero-order valence-electron chi connectivity index (χ0n) is 12.7. The van der Waals surface area contributed by atoms with Gasteiger partial charge in [-0.15, -0.1) is 0 Å². The fourth-order valence-electron chi connectivity index (χ4n) is 2.21. The number of likely N-dealkylation sites (N-methyl/N-ethyl adjacent to an activating group) is 1. The van der Waals surface area contributed by atoms with Gasteiger partial charge >= 0.3 is 0 Å². The van der Waals surface area contributed by atoms with E-state index in [1.54, 1.807) is 23.5 Å². The summed E-state index contributed by atoms with van der Waals surface area (Å²) in [6, 6.07) is 8.22. The standard InChI is InChI=1S/C17H20N4O/c1-21(11-8-13-6-9-18-10-7-13)17(22)14-2-5-16(19-12-14)20-15-3-4-15/h2,5-7,9-10,12,15H,3-4,8,11H2,1H3,(H,19,20). The van der Waals surface area contributed by atoms with Crippen molar-refractivity contribution >= 4 is 11.7 Å². The van der Waals surface area contributed by atoms with Crippen LogP contribution in [0.4, 0.5) is 5.82 Å². The third-order valence-electron chi connectivity index (χ3n) is 3.77. The van der Waals surface area contributed by atoms with Crippen molar-refractivity contribution in [1.82, 2.24) is 14.9 Å². The molecule has 3 rings (SSSR count). The molecule has 2 aromatic rings. The summed E-state index contributed by atoms with van der Waals surface area (Å²) in [5.41, 5.74) is 1.80. The third-order valence-corrected chi connectivity index (χ3v) is 3.77. The third kappa shape index (κ3) is 3.81. The van der Waals surface area contributed by atoms with E-state index in [1.165, 1.54) is 18.4 Å². The van der Waals surface area contributed by atoms with Crippen molar-refractivity contribution in [3.8, 4) is 0 Å². The molecule has 1 aliphatic rings. The van der Waals surface area contributed by atoms with E-state index in [-0.39, 0.29) is 5.91 Å². The van der Waals surface area contributed by atoms with Crippen molar-refractivity contribution < 1.29 is 4.79 Å². The fourth-order valence-corrected chi connectivity index (χ4v) is 2.21. The molecule has 0 aliphatic heterocycles. The van der Waals surface area contributed by atoms with Crippen LogP contribution in [0.15, 0.2) is 42.9 Å². The Labute approximate surface area is 130 Å². The molecule has 0 aromatic carbocycles. The molecule has 2 heterocycles. The average Bonchev–Trinajstić information content (AvgIpc) is 3.37. The number of hydrogen-bond donors (Lipinski definition) is 1. The summed E-state index contributed by atoms with van der Waals surface area (Å²) in [5, 5.41) is 3.32. The molecule has 0 spiro atoms. The number of anilines is 1. The van der Waals surface area contributed by atoms with Crippen LogP contribution in [-0.2, 0) is 6.42 Å². The van der Waals surface area contributed by atoms with Crippen molar-refractivity contribution in [3.05, 3.63) is 54.0 Å². The van der Waals surface area contributed by atoms with Crippen molar-refractivity contribution in [2.75, 3.05) is 18.9 Å². The van der Waals surface area contributed by atoms with Gasteiger partial charge in [0.2, 0.25) is 0 Å². The zero-order chi connectivity index (χ0) is 15.4. The van der Waals surface area contributed by atoms with Crippen LogP contribution in [0.3, 0.4) is 0 Å². The summed E-state index contributed by atoms with van der Waals surface area (Å²) < 4.78 is 0. The van der Waals surface area contributed by atoms with Gasteiger partial charge in [0.15, 0.2) is 0 Å². The second kappa shape index (κ2) is 6.56. The van der Waals surface area contributed by atoms with E-state index in [9.17, 15) is 4.79 Å². The molecule has 0 bridgehead atoms. The maximum Gasteiger partial charge on any atom is 0.255 e. The van der Waals surface area contributed by atoms with E-state index in [0.717, 1.165) is 12.2 Å². The van der Waals surface area contributed by atoms with Crippen LogP contribution in [0.5, 0.6) is 0 Å². The smallest absolute Gasteiger partial charge is 0.255 e. The summed E-state index contributed by atoms with van der Waals surface area (Å²) in [4.78, 5) is 22.4. The minimum absolute atomic E-state index is 0.000437. The fraction of sp³-hybridized carbons (Fsp3) is 0.353. The zero-order valence-corrected chi connectivity index (χ0v) is 12.7. The predicted molar refractivity (Wildman–Crippen MR) is 85.8 cm³/mol. The van der Waals surface area contributed by atoms with Crippen LogP contribution in [-0.4, -0.2) is 40.4 Å². The van der Waals surface area contributed by atoms with Crippen LogP contribution < -0.4 is 5.32 Å². The van der Waals surface area contributed by atoms with Gasteiger partial charge < -0.3 is 10.2 Å². The highest BCUT2D eigenvalue weighted by Gasteiger charge is 2.21. The molecule has 1 N–H and O–H groups in total. The van der Waals surface area contributed by atoms with Crippen molar-refractivity contribution in [2.24, 2.45) is 0 Å². The summed E-state index contributed by atoms with van der Waals surface area (Å²) in [5.74, 6) is 0.845. The van der Waals surface area contributed by atoms with Gasteiger partial charge in [-0.25, -0.2) is 4.98 Å². The molecule has 5 nitrogen and oxygen atoms in total. The summed E-state index contributed by atoms with van der Waals surface area (Å²) in [6.07, 6.45) is 8.43. The number of hydrogen-bond acceptors (Lipinski definition) is 4. The van der Waals surface area contributed by atoms with Crippen LogP contribution in [0.2, 0.25) is 0 Å². The normalized spacial score (nSPS) is 13.7. The molecule has 1 amide bonds. The number of rotatable bonds is 6. The van der Waals surface area contributed by atoms with Crippen LogP contribution in [0.1, 0.15) is 28.8 Å². The van der Waals surface area contributed by atoms with Crippen molar-refractivity contribution in [3.63, 3.8) is 0 Å². The first kappa shape index (κ1) is 14.5. The van der Waals surface area contributed by atoms with Crippen molar-refractivity contribution in [1.29, 1.82) is 0 Å². The van der Waals surface area contributed by atoms with Crippen LogP contribution in [0, 0.1) is 0 Å². The molecule has 0 atom stereocenters. The Balaban J connectivity index is 1.55. The first-order valence-electron chi connectivity index (χ1n) is 7.59. The molecule has 1 fully saturated rings. The van der Waals surface area contributed by atoms with Crippen LogP contribution >= 0.6 is 0 Å². The summed E-state index contributed by atoms with van der Waals surface area (Å²) >= 11 is 0. The van der Waals surface area contributed by atoms with Gasteiger partial charge in [0, 0.05) is 38.2 Å². The lowest BCUT2D eigenvalue weighted by Gasteiger charge is -2.17. The van der Waals surface area contributed by atoms with E-state index in [2.05, 4.69) is 15.3 Å². The quantitative estimate of drug-likeness (QED) is 0.889. The molecule has 0 saturated heterocycles. The minimum atomic E-state index is -0.000437. The number of pyridine rings is 2. The Morgan fingerprint density at radius 3 is 2.68 bits per heavy atom. The van der Waals surface area contributed by atoms with E-state index in [4.69, 9.17) is 0 Å². The Morgan fingerprint density at radius 2 is 2.05 bits per heavy atom. The van der Waals surface area contributed by atoms with Gasteiger partial charge in [0.1, 0.15) is 5.82 Å². The lowest BCUT2D eigenvalue weighted by atomic mass is 10.2. The Kier molecular flexibility index (Phi) is 4.32. The maximum atomic E-state index is 12.4. The summed E-state index contributed by atoms with van der Waals surface area (Å²) in [6.45, 7) is 0.672. The molecule has 1 saturated carbocycles. The highest BCUT2D eigenvalue weighted by Crippen LogP contribution is 2.23. The molecule has 5 heteroatoms. The summed E-state index contributed by atoms with van der Waals surface area (Å²) in [7, 11) is 1.82. The number of amides is 1. The van der Waals surface area contributed by atoms with Gasteiger partial charge in [-0.2, -0.15) is 0 Å². The molecule has 1 aliphatic carbocycles. The maximum absolute atomic E-state index is 12.4. The van der Waals surface area contributed by atoms with Crippen molar-refractivity contribution in [2.45, 2.75) is 25.3 Å². The molecular formula is C17H20N4O. The average molecular weight is 296 g/mol. The van der Waals surface area contributed by atoms with Gasteiger partial charge in [0.05, 0.1) is 5.56 Å². The molecule has 22 heavy (non-hydrogen) atoms. The second-order valence-electron chi connectivity index (χ2n) is 5.68. The molecular weight excluding hydrogens is 276 g/mol. The Hall–Kier alpha value is -2.43. The Bertz CT molecular complexity index is 623. The number of carbonyl (C=O) groups excluding carboxylic acids is 1. The van der Waals surface area contributed by atoms with Gasteiger partial charge in [-0.3, -0.25) is 9.78 Å². The molecule has 2 aromatic heterocycles. The lowest BCUT2D eigenvalue weighted by Crippen LogP contribution is -2.29. The number of nitrogens with zero attached hydrogens (tertiary/aromatic N) is 3. The number of aromatic nitrogens is 2. The van der Waals surface area contributed by atoms with E-state index >= 15 is 0 Å². The first-order chi connectivity index (χ1) is 10.7. The van der Waals surface area contributed by atoms with E-state index in [0.29, 0.717) is 18.2 Å². The Morgan fingerprint density at radius 1 is 1.27 bits per heavy atom. The van der Waals surface area contributed by atoms with Gasteiger partial charge in [-0.05, 0) is 49.1 Å². The van der Waals surface area contributed by atoms with Gasteiger partial charge in [0.25, 0.3) is 5.91 Å². The molecule has 0 unspecified atom stereocenters. The number of nitrogens with one attached hydrogen (secondary N) is 1. The number of carbonyl (C=O) groups is 1. The minimum Gasteiger partial charge on any atom is -0.367 e. The van der Waals surface area contributed by atoms with Gasteiger partial charge in [-0.1, -0.05) is 0 Å².